The third kappa shape index (κ3) is 4.11. The molecule has 1 aromatic carbocycles. The van der Waals surface area contributed by atoms with Crippen molar-refractivity contribution in [3.63, 3.8) is 0 Å². The van der Waals surface area contributed by atoms with Gasteiger partial charge in [0, 0.05) is 5.56 Å². The van der Waals surface area contributed by atoms with Crippen molar-refractivity contribution in [3.8, 4) is 5.75 Å². The van der Waals surface area contributed by atoms with Gasteiger partial charge in [0.1, 0.15) is 5.75 Å². The van der Waals surface area contributed by atoms with E-state index < -0.39 is 6.61 Å². The van der Waals surface area contributed by atoms with Gasteiger partial charge >= 0.3 is 6.61 Å². The number of nitrogens with one attached hydrogen (secondary N) is 1. The molecule has 1 N–H and O–H groups in total. The summed E-state index contributed by atoms with van der Waals surface area (Å²) >= 11 is 1.29. The van der Waals surface area contributed by atoms with Crippen LogP contribution < -0.4 is 10.2 Å². The van der Waals surface area contributed by atoms with Crippen LogP contribution in [0.3, 0.4) is 0 Å². The molecule has 0 saturated heterocycles. The average Bonchev–Trinajstić information content (AvgIpc) is 3.00. The largest absolute Gasteiger partial charge is 0.434 e. The predicted molar refractivity (Wildman–Crippen MR) is 81.8 cm³/mol. The lowest BCUT2D eigenvalue weighted by molar-refractivity contribution is -0.0499. The highest BCUT2D eigenvalue weighted by Gasteiger charge is 2.13. The highest BCUT2D eigenvalue weighted by atomic mass is 32.1. The molecule has 0 unspecified atom stereocenters. The normalized spacial score (nSPS) is 11.6. The average molecular weight is 324 g/mol. The summed E-state index contributed by atoms with van der Waals surface area (Å²) in [6, 6.07) is 8.22. The van der Waals surface area contributed by atoms with Crippen LogP contribution in [0.1, 0.15) is 27.7 Å². The van der Waals surface area contributed by atoms with Crippen molar-refractivity contribution < 1.29 is 18.3 Å². The zero-order valence-corrected chi connectivity index (χ0v) is 12.8. The molecule has 0 saturated carbocycles. The van der Waals surface area contributed by atoms with Crippen molar-refractivity contribution in [2.75, 3.05) is 0 Å². The monoisotopic (exact) mass is 324 g/mol. The van der Waals surface area contributed by atoms with E-state index in [4.69, 9.17) is 0 Å². The van der Waals surface area contributed by atoms with Gasteiger partial charge in [-0.3, -0.25) is 4.79 Å². The van der Waals surface area contributed by atoms with E-state index in [0.717, 1.165) is 5.56 Å². The maximum Gasteiger partial charge on any atom is 0.387 e. The summed E-state index contributed by atoms with van der Waals surface area (Å²) < 4.78 is 29.3. The minimum Gasteiger partial charge on any atom is -0.434 e. The van der Waals surface area contributed by atoms with Crippen molar-refractivity contribution in [1.82, 2.24) is 5.43 Å². The van der Waals surface area contributed by atoms with Crippen molar-refractivity contribution in [2.45, 2.75) is 20.5 Å². The van der Waals surface area contributed by atoms with E-state index in [1.807, 2.05) is 6.92 Å². The molecule has 0 fully saturated rings. The molecule has 0 radical (unpaired) electrons. The summed E-state index contributed by atoms with van der Waals surface area (Å²) in [4.78, 5) is 12.3. The number of hydrazone groups is 1. The molecule has 2 rings (SSSR count). The summed E-state index contributed by atoms with van der Waals surface area (Å²) in [6.45, 7) is 0.518. The van der Waals surface area contributed by atoms with Crippen LogP contribution in [-0.4, -0.2) is 18.2 Å². The van der Waals surface area contributed by atoms with E-state index >= 15 is 0 Å². The molecular formula is C15H14F2N2O2S. The summed E-state index contributed by atoms with van der Waals surface area (Å²) in [5, 5.41) is 5.74. The summed E-state index contributed by atoms with van der Waals surface area (Å²) in [6.07, 6.45) is 0. The quantitative estimate of drug-likeness (QED) is 0.671. The number of nitrogens with zero attached hydrogens (tertiary/aromatic N) is 1. The van der Waals surface area contributed by atoms with Gasteiger partial charge in [-0.05, 0) is 37.4 Å². The number of hydrogen-bond acceptors (Lipinski definition) is 4. The summed E-state index contributed by atoms with van der Waals surface area (Å²) in [5.74, 6) is -0.328. The fourth-order valence-corrected chi connectivity index (χ4v) is 2.40. The fourth-order valence-electron chi connectivity index (χ4n) is 1.78. The Kier molecular flexibility index (Phi) is 5.21. The van der Waals surface area contributed by atoms with Crippen LogP contribution in [0.5, 0.6) is 5.75 Å². The number of hydrogen-bond donors (Lipinski definition) is 1. The van der Waals surface area contributed by atoms with Gasteiger partial charge in [0.05, 0.1) is 10.6 Å². The number of ether oxygens (including phenoxy) is 1. The van der Waals surface area contributed by atoms with Crippen LogP contribution in [0.25, 0.3) is 0 Å². The molecule has 4 nitrogen and oxygen atoms in total. The van der Waals surface area contributed by atoms with Gasteiger partial charge in [0.25, 0.3) is 5.91 Å². The van der Waals surface area contributed by atoms with E-state index in [-0.39, 0.29) is 11.7 Å². The maximum atomic E-state index is 12.4. The molecule has 0 spiro atoms. The molecule has 0 aliphatic rings. The number of amides is 1. The molecule has 0 aliphatic heterocycles. The van der Waals surface area contributed by atoms with Crippen molar-refractivity contribution >= 4 is 23.0 Å². The first-order valence-corrected chi connectivity index (χ1v) is 7.29. The number of carbonyl (C=O) groups is 1. The number of carbonyl (C=O) groups excluding carboxylic acids is 1. The number of rotatable bonds is 5. The predicted octanol–water partition coefficient (Wildman–Crippen LogP) is 3.81. The van der Waals surface area contributed by atoms with Crippen LogP contribution in [-0.2, 0) is 0 Å². The lowest BCUT2D eigenvalue weighted by Crippen LogP contribution is -2.18. The van der Waals surface area contributed by atoms with Crippen molar-refractivity contribution in [2.24, 2.45) is 5.10 Å². The Morgan fingerprint density at radius 2 is 2.14 bits per heavy atom. The van der Waals surface area contributed by atoms with Gasteiger partial charge in [-0.2, -0.15) is 13.9 Å². The molecule has 7 heteroatoms. The van der Waals surface area contributed by atoms with Gasteiger partial charge in [-0.15, -0.1) is 11.3 Å². The Labute approximate surface area is 130 Å². The molecule has 0 aliphatic carbocycles. The third-order valence-corrected chi connectivity index (χ3v) is 3.68. The Morgan fingerprint density at radius 3 is 2.77 bits per heavy atom. The van der Waals surface area contributed by atoms with Gasteiger partial charge in [-0.25, -0.2) is 5.43 Å². The molecule has 22 heavy (non-hydrogen) atoms. The molecule has 1 amide bonds. The SMILES string of the molecule is C/C(=N/NC(=O)c1cccs1)c1cc(C)ccc1OC(F)F. The smallest absolute Gasteiger partial charge is 0.387 e. The molecule has 0 atom stereocenters. The van der Waals surface area contributed by atoms with E-state index in [1.54, 1.807) is 36.6 Å². The van der Waals surface area contributed by atoms with Crippen LogP contribution >= 0.6 is 11.3 Å². The first-order valence-electron chi connectivity index (χ1n) is 6.41. The zero-order valence-electron chi connectivity index (χ0n) is 12.0. The first kappa shape index (κ1) is 16.1. The van der Waals surface area contributed by atoms with Gasteiger partial charge < -0.3 is 4.74 Å². The molecule has 1 aromatic heterocycles. The van der Waals surface area contributed by atoms with E-state index in [9.17, 15) is 13.6 Å². The Morgan fingerprint density at radius 1 is 1.36 bits per heavy atom. The molecule has 116 valence electrons. The van der Waals surface area contributed by atoms with Crippen LogP contribution in [0.15, 0.2) is 40.8 Å². The van der Waals surface area contributed by atoms with E-state index in [0.29, 0.717) is 16.2 Å². The summed E-state index contributed by atoms with van der Waals surface area (Å²) in [7, 11) is 0. The van der Waals surface area contributed by atoms with Crippen LogP contribution in [0, 0.1) is 6.92 Å². The minimum absolute atomic E-state index is 0.0206. The second-order valence-corrected chi connectivity index (χ2v) is 5.44. The fraction of sp³-hybridized carbons (Fsp3) is 0.200. The Hall–Kier alpha value is -2.28. The van der Waals surface area contributed by atoms with Gasteiger partial charge in [-0.1, -0.05) is 17.7 Å². The highest BCUT2D eigenvalue weighted by molar-refractivity contribution is 7.12. The zero-order chi connectivity index (χ0) is 16.1. The van der Waals surface area contributed by atoms with Crippen LogP contribution in [0.4, 0.5) is 8.78 Å². The van der Waals surface area contributed by atoms with Crippen molar-refractivity contribution in [1.29, 1.82) is 0 Å². The number of alkyl halides is 2. The highest BCUT2D eigenvalue weighted by Crippen LogP contribution is 2.22. The maximum absolute atomic E-state index is 12.4. The van der Waals surface area contributed by atoms with Gasteiger partial charge in [0.15, 0.2) is 0 Å². The lowest BCUT2D eigenvalue weighted by atomic mass is 10.1. The lowest BCUT2D eigenvalue weighted by Gasteiger charge is -2.11. The third-order valence-electron chi connectivity index (χ3n) is 2.81. The number of benzene rings is 1. The first-order chi connectivity index (χ1) is 10.5. The van der Waals surface area contributed by atoms with E-state index in [2.05, 4.69) is 15.3 Å². The second kappa shape index (κ2) is 7.13. The van der Waals surface area contributed by atoms with Crippen molar-refractivity contribution in [3.05, 3.63) is 51.7 Å². The van der Waals surface area contributed by atoms with E-state index in [1.165, 1.54) is 17.4 Å². The number of aryl methyl sites for hydroxylation is 1. The van der Waals surface area contributed by atoms with Crippen LogP contribution in [0.2, 0.25) is 0 Å². The Balaban J connectivity index is 2.20. The molecule has 0 bridgehead atoms. The number of thiophene rings is 1. The second-order valence-electron chi connectivity index (χ2n) is 4.49. The topological polar surface area (TPSA) is 50.7 Å². The standard InChI is InChI=1S/C15H14F2N2O2S/c1-9-5-6-12(21-15(16)17)11(8-9)10(2)18-19-14(20)13-4-3-7-22-13/h3-8,15H,1-2H3,(H,19,20)/b18-10-. The minimum atomic E-state index is -2.92. The molecule has 1 heterocycles. The van der Waals surface area contributed by atoms with Gasteiger partial charge in [0.2, 0.25) is 0 Å². The summed E-state index contributed by atoms with van der Waals surface area (Å²) in [5.41, 5.74) is 4.06. The number of halogens is 2. The molecular weight excluding hydrogens is 310 g/mol. The Bertz CT molecular complexity index is 685. The molecule has 2 aromatic rings.